The van der Waals surface area contributed by atoms with Crippen molar-refractivity contribution in [2.24, 2.45) is 0 Å². The van der Waals surface area contributed by atoms with Crippen molar-refractivity contribution < 1.29 is 4.79 Å². The van der Waals surface area contributed by atoms with Crippen LogP contribution >= 0.6 is 11.3 Å². The summed E-state index contributed by atoms with van der Waals surface area (Å²) in [4.78, 5) is 15.8. The Hall–Kier alpha value is -1.85. The molecule has 4 nitrogen and oxygen atoms in total. The summed E-state index contributed by atoms with van der Waals surface area (Å²) in [5, 5.41) is 8.31. The van der Waals surface area contributed by atoms with Crippen molar-refractivity contribution in [2.75, 3.05) is 18.9 Å². The number of anilines is 1. The molecule has 1 saturated carbocycles. The molecule has 2 N–H and O–H groups in total. The highest BCUT2D eigenvalue weighted by atomic mass is 32.1. The maximum absolute atomic E-state index is 12.1. The third kappa shape index (κ3) is 5.58. The second-order valence-electron chi connectivity index (χ2n) is 7.07. The van der Waals surface area contributed by atoms with Gasteiger partial charge in [0.05, 0.1) is 13.1 Å². The van der Waals surface area contributed by atoms with Crippen LogP contribution < -0.4 is 10.6 Å². The summed E-state index contributed by atoms with van der Waals surface area (Å²) in [5.41, 5.74) is 2.31. The second-order valence-corrected chi connectivity index (χ2v) is 8.11. The summed E-state index contributed by atoms with van der Waals surface area (Å²) in [7, 11) is 2.22. The summed E-state index contributed by atoms with van der Waals surface area (Å²) in [6.45, 7) is 1.82. The van der Waals surface area contributed by atoms with Crippen molar-refractivity contribution in [2.45, 2.75) is 51.2 Å². The number of para-hydroxylation sites is 1. The van der Waals surface area contributed by atoms with Crippen molar-refractivity contribution >= 4 is 22.9 Å². The van der Waals surface area contributed by atoms with Gasteiger partial charge in [-0.05, 0) is 43.0 Å². The average Bonchev–Trinajstić information content (AvgIpc) is 3.20. The molecule has 3 rings (SSSR count). The number of hydrogen-bond acceptors (Lipinski definition) is 4. The van der Waals surface area contributed by atoms with Gasteiger partial charge in [-0.2, -0.15) is 0 Å². The Bertz CT molecular complexity index is 680. The van der Waals surface area contributed by atoms with Crippen molar-refractivity contribution in [1.29, 1.82) is 0 Å². The summed E-state index contributed by atoms with van der Waals surface area (Å²) in [5.74, 6) is 0.0221. The van der Waals surface area contributed by atoms with Crippen LogP contribution in [0.2, 0.25) is 0 Å². The molecule has 1 heterocycles. The van der Waals surface area contributed by atoms with Gasteiger partial charge >= 0.3 is 0 Å². The molecule has 1 aromatic carbocycles. The number of rotatable bonds is 8. The van der Waals surface area contributed by atoms with Crippen LogP contribution in [0.15, 0.2) is 41.8 Å². The molecule has 0 unspecified atom stereocenters. The number of benzene rings is 1. The maximum atomic E-state index is 12.1. The molecule has 0 aliphatic heterocycles. The molecule has 0 atom stereocenters. The van der Waals surface area contributed by atoms with E-state index in [4.69, 9.17) is 0 Å². The van der Waals surface area contributed by atoms with Crippen LogP contribution in [0.3, 0.4) is 0 Å². The Labute approximate surface area is 160 Å². The standard InChI is InChI=1S/C21H29N3OS/c1-24(18-9-3-2-4-10-18)16-17-8-5-6-12-20(17)22-15-21(25)23-14-19-11-7-13-26-19/h5-8,11-13,18,22H,2-4,9-10,14-16H2,1H3,(H,23,25). The Morgan fingerprint density at radius 1 is 1.15 bits per heavy atom. The largest absolute Gasteiger partial charge is 0.376 e. The van der Waals surface area contributed by atoms with Crippen LogP contribution in [0, 0.1) is 0 Å². The van der Waals surface area contributed by atoms with Crippen molar-refractivity contribution in [3.8, 4) is 0 Å². The van der Waals surface area contributed by atoms with Gasteiger partial charge < -0.3 is 10.6 Å². The number of nitrogens with zero attached hydrogens (tertiary/aromatic N) is 1. The number of carbonyl (C=O) groups excluding carboxylic acids is 1. The molecular formula is C21H29N3OS. The molecule has 0 saturated heterocycles. The smallest absolute Gasteiger partial charge is 0.239 e. The highest BCUT2D eigenvalue weighted by Gasteiger charge is 2.18. The molecule has 5 heteroatoms. The highest BCUT2D eigenvalue weighted by molar-refractivity contribution is 7.09. The van der Waals surface area contributed by atoms with E-state index in [1.54, 1.807) is 11.3 Å². The number of hydrogen-bond donors (Lipinski definition) is 2. The van der Waals surface area contributed by atoms with Crippen molar-refractivity contribution in [3.05, 3.63) is 52.2 Å². The number of thiophene rings is 1. The van der Waals surface area contributed by atoms with E-state index in [2.05, 4.69) is 40.8 Å². The lowest BCUT2D eigenvalue weighted by molar-refractivity contribution is -0.119. The van der Waals surface area contributed by atoms with Gasteiger partial charge in [0.2, 0.25) is 5.91 Å². The van der Waals surface area contributed by atoms with E-state index < -0.39 is 0 Å². The molecule has 1 amide bonds. The van der Waals surface area contributed by atoms with Gasteiger partial charge in [0, 0.05) is 23.2 Å². The lowest BCUT2D eigenvalue weighted by Gasteiger charge is -2.31. The number of amides is 1. The fourth-order valence-corrected chi connectivity index (χ4v) is 4.23. The summed E-state index contributed by atoms with van der Waals surface area (Å²) in [6, 6.07) is 13.0. The summed E-state index contributed by atoms with van der Waals surface area (Å²) in [6.07, 6.45) is 6.68. The van der Waals surface area contributed by atoms with Crippen LogP contribution in [0.5, 0.6) is 0 Å². The Kier molecular flexibility index (Phi) is 7.09. The minimum absolute atomic E-state index is 0.0221. The molecule has 0 spiro atoms. The van der Waals surface area contributed by atoms with Gasteiger partial charge in [0.15, 0.2) is 0 Å². The molecule has 1 aromatic heterocycles. The minimum atomic E-state index is 0.0221. The Morgan fingerprint density at radius 3 is 2.73 bits per heavy atom. The first kappa shape index (κ1) is 18.9. The zero-order valence-electron chi connectivity index (χ0n) is 15.5. The van der Waals surface area contributed by atoms with Crippen LogP contribution in [0.4, 0.5) is 5.69 Å². The van der Waals surface area contributed by atoms with Crippen LogP contribution in [-0.4, -0.2) is 30.4 Å². The van der Waals surface area contributed by atoms with Gasteiger partial charge in [0.1, 0.15) is 0 Å². The lowest BCUT2D eigenvalue weighted by Crippen LogP contribution is -2.33. The normalized spacial score (nSPS) is 15.2. The number of nitrogens with one attached hydrogen (secondary N) is 2. The van der Waals surface area contributed by atoms with Crippen molar-refractivity contribution in [3.63, 3.8) is 0 Å². The molecule has 1 aliphatic carbocycles. The van der Waals surface area contributed by atoms with Gasteiger partial charge in [-0.25, -0.2) is 0 Å². The topological polar surface area (TPSA) is 44.4 Å². The minimum Gasteiger partial charge on any atom is -0.376 e. The molecule has 1 aliphatic rings. The van der Waals surface area contributed by atoms with Crippen molar-refractivity contribution in [1.82, 2.24) is 10.2 Å². The maximum Gasteiger partial charge on any atom is 0.239 e. The lowest BCUT2D eigenvalue weighted by atomic mass is 9.94. The second kappa shape index (κ2) is 9.74. The van der Waals surface area contributed by atoms with Gasteiger partial charge in [-0.15, -0.1) is 11.3 Å². The summed E-state index contributed by atoms with van der Waals surface area (Å²) < 4.78 is 0. The number of carbonyl (C=O) groups is 1. The van der Waals surface area contributed by atoms with Crippen LogP contribution in [-0.2, 0) is 17.9 Å². The molecule has 2 aromatic rings. The van der Waals surface area contributed by atoms with E-state index in [1.165, 1.54) is 42.5 Å². The van der Waals surface area contributed by atoms with Crippen LogP contribution in [0.1, 0.15) is 42.5 Å². The van der Waals surface area contributed by atoms with E-state index in [0.29, 0.717) is 19.1 Å². The third-order valence-electron chi connectivity index (χ3n) is 5.11. The molecular weight excluding hydrogens is 342 g/mol. The first-order chi connectivity index (χ1) is 12.7. The SMILES string of the molecule is CN(Cc1ccccc1NCC(=O)NCc1cccs1)C1CCCCC1. The predicted octanol–water partition coefficient (Wildman–Crippen LogP) is 4.24. The first-order valence-corrected chi connectivity index (χ1v) is 10.4. The van der Waals surface area contributed by atoms with E-state index in [0.717, 1.165) is 12.2 Å². The van der Waals surface area contributed by atoms with Crippen LogP contribution in [0.25, 0.3) is 0 Å². The Morgan fingerprint density at radius 2 is 1.96 bits per heavy atom. The fourth-order valence-electron chi connectivity index (χ4n) is 3.59. The van der Waals surface area contributed by atoms with E-state index in [1.807, 2.05) is 23.6 Å². The molecule has 1 fully saturated rings. The quantitative estimate of drug-likeness (QED) is 0.729. The Balaban J connectivity index is 1.50. The monoisotopic (exact) mass is 371 g/mol. The molecule has 0 radical (unpaired) electrons. The zero-order chi connectivity index (χ0) is 18.2. The first-order valence-electron chi connectivity index (χ1n) is 9.53. The van der Waals surface area contributed by atoms with E-state index in [9.17, 15) is 4.79 Å². The van der Waals surface area contributed by atoms with Gasteiger partial charge in [0.25, 0.3) is 0 Å². The molecule has 0 bridgehead atoms. The molecule has 26 heavy (non-hydrogen) atoms. The average molecular weight is 372 g/mol. The zero-order valence-corrected chi connectivity index (χ0v) is 16.4. The third-order valence-corrected chi connectivity index (χ3v) is 5.99. The van der Waals surface area contributed by atoms with Gasteiger partial charge in [-0.3, -0.25) is 9.69 Å². The summed E-state index contributed by atoms with van der Waals surface area (Å²) >= 11 is 1.66. The van der Waals surface area contributed by atoms with E-state index >= 15 is 0 Å². The fraction of sp³-hybridized carbons (Fsp3) is 0.476. The van der Waals surface area contributed by atoms with Gasteiger partial charge in [-0.1, -0.05) is 43.5 Å². The highest BCUT2D eigenvalue weighted by Crippen LogP contribution is 2.24. The predicted molar refractivity (Wildman–Crippen MR) is 109 cm³/mol. The molecule has 140 valence electrons. The van der Waals surface area contributed by atoms with E-state index in [-0.39, 0.29) is 5.91 Å².